The summed E-state index contributed by atoms with van der Waals surface area (Å²) in [7, 11) is 0. The third kappa shape index (κ3) is 4.49. The Morgan fingerprint density at radius 1 is 1.28 bits per heavy atom. The fourth-order valence-electron chi connectivity index (χ4n) is 3.45. The number of esters is 1. The summed E-state index contributed by atoms with van der Waals surface area (Å²) in [4.78, 5) is 17.1. The molecule has 0 spiro atoms. The first-order valence-electron chi connectivity index (χ1n) is 9.80. The van der Waals surface area contributed by atoms with Gasteiger partial charge in [0.2, 0.25) is 5.95 Å². The van der Waals surface area contributed by atoms with Crippen molar-refractivity contribution in [2.24, 2.45) is 0 Å². The fourth-order valence-corrected chi connectivity index (χ4v) is 3.91. The van der Waals surface area contributed by atoms with Crippen LogP contribution in [0.2, 0.25) is 10.0 Å². The van der Waals surface area contributed by atoms with Crippen molar-refractivity contribution < 1.29 is 14.3 Å². The van der Waals surface area contributed by atoms with Gasteiger partial charge in [-0.1, -0.05) is 54.1 Å². The molecule has 0 bridgehead atoms. The van der Waals surface area contributed by atoms with E-state index in [-0.39, 0.29) is 13.2 Å². The Hall–Kier alpha value is -3.29. The van der Waals surface area contributed by atoms with Crippen LogP contribution in [0.3, 0.4) is 0 Å². The number of halogens is 2. The van der Waals surface area contributed by atoms with Crippen LogP contribution in [-0.4, -0.2) is 27.3 Å². The van der Waals surface area contributed by atoms with E-state index in [1.165, 1.54) is 12.4 Å². The maximum absolute atomic E-state index is 12.9. The summed E-state index contributed by atoms with van der Waals surface area (Å²) in [5.41, 5.74) is 2.68. The molecule has 32 heavy (non-hydrogen) atoms. The van der Waals surface area contributed by atoms with E-state index in [0.717, 1.165) is 11.1 Å². The Morgan fingerprint density at radius 2 is 2.12 bits per heavy atom. The van der Waals surface area contributed by atoms with Gasteiger partial charge in [0, 0.05) is 21.3 Å². The van der Waals surface area contributed by atoms with Gasteiger partial charge in [-0.25, -0.2) is 9.48 Å². The van der Waals surface area contributed by atoms with Crippen LogP contribution in [0, 0.1) is 0 Å². The number of carbonyl (C=O) groups is 1. The minimum Gasteiger partial charge on any atom is -0.489 e. The number of nitrogens with zero attached hydrogens (tertiary/aromatic N) is 3. The van der Waals surface area contributed by atoms with E-state index >= 15 is 0 Å². The highest BCUT2D eigenvalue weighted by molar-refractivity contribution is 6.35. The smallest absolute Gasteiger partial charge is 0.338 e. The average molecular weight is 471 g/mol. The first-order chi connectivity index (χ1) is 15.5. The number of hydrogen-bond acceptors (Lipinski definition) is 6. The standard InChI is InChI=1S/C23H20Cl2N4O3/c1-3-9-31-22(30)20-14(2)28-23-26-13-27-29(23)21(20)15-5-4-6-18(10-15)32-12-16-7-8-17(24)11-19(16)25/h3-8,10-11,13,21H,1,9,12H2,2H3,(H,26,27,28). The third-order valence-corrected chi connectivity index (χ3v) is 5.52. The number of carbonyl (C=O) groups excluding carboxylic acids is 1. The molecule has 1 N–H and O–H groups in total. The molecule has 2 aromatic carbocycles. The van der Waals surface area contributed by atoms with E-state index in [0.29, 0.717) is 33.0 Å². The molecular formula is C23H20Cl2N4O3. The Morgan fingerprint density at radius 3 is 2.91 bits per heavy atom. The molecule has 164 valence electrons. The van der Waals surface area contributed by atoms with Crippen molar-refractivity contribution >= 4 is 35.1 Å². The molecule has 1 atom stereocenters. The molecule has 3 aromatic rings. The number of allylic oxidation sites excluding steroid dienone is 1. The highest BCUT2D eigenvalue weighted by Gasteiger charge is 2.34. The Bertz CT molecular complexity index is 1210. The predicted molar refractivity (Wildman–Crippen MR) is 123 cm³/mol. The van der Waals surface area contributed by atoms with Crippen molar-refractivity contribution in [1.29, 1.82) is 0 Å². The number of hydrogen-bond donors (Lipinski definition) is 1. The molecule has 0 fully saturated rings. The fraction of sp³-hybridized carbons (Fsp3) is 0.174. The molecule has 1 unspecified atom stereocenters. The second kappa shape index (κ2) is 9.46. The lowest BCUT2D eigenvalue weighted by molar-refractivity contribution is -0.138. The van der Waals surface area contributed by atoms with Gasteiger partial charge in [0.05, 0.1) is 5.57 Å². The molecule has 1 aliphatic rings. The van der Waals surface area contributed by atoms with Gasteiger partial charge >= 0.3 is 5.97 Å². The van der Waals surface area contributed by atoms with Gasteiger partial charge in [-0.05, 0) is 36.8 Å². The Labute approximate surface area is 195 Å². The van der Waals surface area contributed by atoms with Crippen molar-refractivity contribution in [2.45, 2.75) is 19.6 Å². The molecular weight excluding hydrogens is 451 g/mol. The van der Waals surface area contributed by atoms with Crippen LogP contribution in [0.5, 0.6) is 5.75 Å². The Balaban J connectivity index is 1.65. The van der Waals surface area contributed by atoms with Gasteiger partial charge in [0.15, 0.2) is 0 Å². The number of benzene rings is 2. The van der Waals surface area contributed by atoms with Crippen molar-refractivity contribution in [3.63, 3.8) is 0 Å². The molecule has 9 heteroatoms. The minimum atomic E-state index is -0.534. The van der Waals surface area contributed by atoms with Crippen LogP contribution in [-0.2, 0) is 16.1 Å². The summed E-state index contributed by atoms with van der Waals surface area (Å²) in [6, 6.07) is 12.2. The summed E-state index contributed by atoms with van der Waals surface area (Å²) in [5.74, 6) is 0.692. The van der Waals surface area contributed by atoms with Crippen molar-refractivity contribution in [3.8, 4) is 5.75 Å². The lowest BCUT2D eigenvalue weighted by Gasteiger charge is -2.28. The summed E-state index contributed by atoms with van der Waals surface area (Å²) in [5, 5.41) is 8.52. The Kier molecular flexibility index (Phi) is 6.48. The SMILES string of the molecule is C=CCOC(=O)C1=C(C)Nc2ncnn2C1c1cccc(OCc2ccc(Cl)cc2Cl)c1. The van der Waals surface area contributed by atoms with Crippen LogP contribution in [0.25, 0.3) is 0 Å². The summed E-state index contributed by atoms with van der Waals surface area (Å²) < 4.78 is 12.9. The normalized spacial score (nSPS) is 15.0. The molecule has 7 nitrogen and oxygen atoms in total. The average Bonchev–Trinajstić information content (AvgIpc) is 3.24. The monoisotopic (exact) mass is 470 g/mol. The third-order valence-electron chi connectivity index (χ3n) is 4.93. The summed E-state index contributed by atoms with van der Waals surface area (Å²) in [6.07, 6.45) is 2.96. The molecule has 1 aromatic heterocycles. The van der Waals surface area contributed by atoms with E-state index in [1.807, 2.05) is 30.3 Å². The molecule has 0 saturated heterocycles. The maximum Gasteiger partial charge on any atom is 0.338 e. The second-order valence-electron chi connectivity index (χ2n) is 7.08. The van der Waals surface area contributed by atoms with Crippen molar-refractivity contribution in [3.05, 3.63) is 93.9 Å². The first-order valence-corrected chi connectivity index (χ1v) is 10.6. The number of fused-ring (bicyclic) bond motifs is 1. The zero-order valence-corrected chi connectivity index (χ0v) is 18.7. The summed E-state index contributed by atoms with van der Waals surface area (Å²) in [6.45, 7) is 5.78. The quantitative estimate of drug-likeness (QED) is 0.378. The van der Waals surface area contributed by atoms with Crippen molar-refractivity contribution in [2.75, 3.05) is 11.9 Å². The maximum atomic E-state index is 12.9. The highest BCUT2D eigenvalue weighted by Crippen LogP contribution is 2.36. The van der Waals surface area contributed by atoms with Gasteiger partial charge in [-0.2, -0.15) is 10.1 Å². The van der Waals surface area contributed by atoms with E-state index < -0.39 is 12.0 Å². The molecule has 0 amide bonds. The van der Waals surface area contributed by atoms with Gasteiger partial charge in [-0.3, -0.25) is 0 Å². The van der Waals surface area contributed by atoms with E-state index in [9.17, 15) is 4.79 Å². The van der Waals surface area contributed by atoms with Gasteiger partial charge < -0.3 is 14.8 Å². The summed E-state index contributed by atoms with van der Waals surface area (Å²) >= 11 is 12.2. The molecule has 0 radical (unpaired) electrons. The predicted octanol–water partition coefficient (Wildman–Crippen LogP) is 5.18. The van der Waals surface area contributed by atoms with E-state index in [1.54, 1.807) is 23.7 Å². The van der Waals surface area contributed by atoms with Crippen LogP contribution >= 0.6 is 23.2 Å². The molecule has 4 rings (SSSR count). The van der Waals surface area contributed by atoms with E-state index in [4.69, 9.17) is 32.7 Å². The minimum absolute atomic E-state index is 0.109. The molecule has 0 saturated carbocycles. The van der Waals surface area contributed by atoms with Crippen LogP contribution in [0.1, 0.15) is 24.1 Å². The zero-order valence-electron chi connectivity index (χ0n) is 17.2. The lowest BCUT2D eigenvalue weighted by Crippen LogP contribution is -2.29. The largest absolute Gasteiger partial charge is 0.489 e. The van der Waals surface area contributed by atoms with E-state index in [2.05, 4.69) is 22.0 Å². The number of aromatic nitrogens is 3. The van der Waals surface area contributed by atoms with Crippen LogP contribution < -0.4 is 10.1 Å². The second-order valence-corrected chi connectivity index (χ2v) is 7.92. The van der Waals surface area contributed by atoms with Crippen molar-refractivity contribution in [1.82, 2.24) is 14.8 Å². The molecule has 0 aliphatic carbocycles. The number of anilines is 1. The number of nitrogens with one attached hydrogen (secondary N) is 1. The van der Waals surface area contributed by atoms with Gasteiger partial charge in [-0.15, -0.1) is 0 Å². The molecule has 2 heterocycles. The van der Waals surface area contributed by atoms with Crippen LogP contribution in [0.4, 0.5) is 5.95 Å². The van der Waals surface area contributed by atoms with Crippen LogP contribution in [0.15, 0.2) is 72.7 Å². The number of ether oxygens (including phenoxy) is 2. The zero-order chi connectivity index (χ0) is 22.7. The topological polar surface area (TPSA) is 78.3 Å². The van der Waals surface area contributed by atoms with Gasteiger partial charge in [0.25, 0.3) is 0 Å². The number of rotatable bonds is 7. The highest BCUT2D eigenvalue weighted by atomic mass is 35.5. The van der Waals surface area contributed by atoms with Gasteiger partial charge in [0.1, 0.15) is 31.3 Å². The molecule has 1 aliphatic heterocycles. The first kappa shape index (κ1) is 21.9. The lowest BCUT2D eigenvalue weighted by atomic mass is 9.95.